The van der Waals surface area contributed by atoms with E-state index < -0.39 is 11.0 Å². The van der Waals surface area contributed by atoms with Crippen molar-refractivity contribution >= 4 is 5.91 Å². The fraction of sp³-hybridized carbons (Fsp3) is 0. The zero-order chi connectivity index (χ0) is 7.86. The van der Waals surface area contributed by atoms with E-state index in [-0.39, 0.29) is 51.4 Å². The van der Waals surface area contributed by atoms with Crippen LogP contribution in [0.3, 0.4) is 0 Å². The molecule has 2 N–H and O–H groups in total. The minimum atomic E-state index is -1.75. The van der Waals surface area contributed by atoms with Gasteiger partial charge in [0.15, 0.2) is 0 Å². The Hall–Kier alpha value is 0.0464. The molecule has 0 spiro atoms. The molecule has 0 saturated carbocycles. The molecule has 52 valence electrons. The molecule has 0 bridgehead atoms. The molecule has 0 radical (unpaired) electrons. The van der Waals surface area contributed by atoms with Gasteiger partial charge in [-0.25, -0.2) is 0 Å². The van der Waals surface area contributed by atoms with Gasteiger partial charge in [-0.05, 0) is 6.08 Å². The molecular formula is C3H5KN2O4. The van der Waals surface area contributed by atoms with E-state index in [1.165, 1.54) is 0 Å². The summed E-state index contributed by atoms with van der Waals surface area (Å²) in [5, 5.41) is 14.8. The summed E-state index contributed by atoms with van der Waals surface area (Å²) in [4.78, 5) is 17.7. The van der Waals surface area contributed by atoms with Gasteiger partial charge in [-0.2, -0.15) is 0 Å². The first-order chi connectivity index (χ1) is 4.00. The molecule has 0 aliphatic carbocycles. The average Bonchev–Trinajstić information content (AvgIpc) is 1.65. The largest absolute Gasteiger partial charge is 1.00 e. The minimum Gasteiger partial charge on any atom is -0.366 e. The third-order valence-corrected chi connectivity index (χ3v) is 0.201. The summed E-state index contributed by atoms with van der Waals surface area (Å²) in [5.41, 5.74) is 4.53. The van der Waals surface area contributed by atoms with Gasteiger partial charge in [-0.3, -0.25) is 4.79 Å². The molecule has 10 heavy (non-hydrogen) atoms. The van der Waals surface area contributed by atoms with Crippen LogP contribution in [0.2, 0.25) is 0 Å². The molecule has 0 aromatic rings. The second kappa shape index (κ2) is 11.8. The molecule has 0 fully saturated rings. The normalized spacial score (nSPS) is 5.60. The van der Waals surface area contributed by atoms with Crippen molar-refractivity contribution in [1.29, 1.82) is 0 Å². The Labute approximate surface area is 99.6 Å². The SMILES string of the molecule is C=CC(N)=O.O=[N+]([O-])[O-].[K+]. The van der Waals surface area contributed by atoms with Gasteiger partial charge in [-0.1, -0.05) is 6.58 Å². The standard InChI is InChI=1S/C3H5NO.K.NO3/c1-2-3(4)5;;2-1(3)4/h2H,1H2,(H2,4,5);;/q;+1;-1. The number of rotatable bonds is 1. The monoisotopic (exact) mass is 172 g/mol. The van der Waals surface area contributed by atoms with Crippen molar-refractivity contribution in [1.82, 2.24) is 0 Å². The van der Waals surface area contributed by atoms with Crippen molar-refractivity contribution < 1.29 is 61.3 Å². The van der Waals surface area contributed by atoms with Gasteiger partial charge in [0.2, 0.25) is 5.91 Å². The van der Waals surface area contributed by atoms with Crippen LogP contribution in [0.4, 0.5) is 0 Å². The van der Waals surface area contributed by atoms with Gasteiger partial charge in [0.1, 0.15) is 0 Å². The smallest absolute Gasteiger partial charge is 0.366 e. The summed E-state index contributed by atoms with van der Waals surface area (Å²) < 4.78 is 0. The summed E-state index contributed by atoms with van der Waals surface area (Å²) in [6.45, 7) is 3.09. The van der Waals surface area contributed by atoms with Crippen molar-refractivity contribution in [2.45, 2.75) is 0 Å². The Morgan fingerprint density at radius 2 is 1.70 bits per heavy atom. The number of amides is 1. The summed E-state index contributed by atoms with van der Waals surface area (Å²) in [6, 6.07) is 0. The Morgan fingerprint density at radius 1 is 1.60 bits per heavy atom. The van der Waals surface area contributed by atoms with Gasteiger partial charge >= 0.3 is 51.4 Å². The molecule has 0 unspecified atom stereocenters. The summed E-state index contributed by atoms with van der Waals surface area (Å²) in [5.74, 6) is -0.481. The van der Waals surface area contributed by atoms with Gasteiger partial charge in [0.25, 0.3) is 0 Å². The van der Waals surface area contributed by atoms with Crippen LogP contribution < -0.4 is 57.1 Å². The molecule has 0 saturated heterocycles. The van der Waals surface area contributed by atoms with Crippen LogP contribution >= 0.6 is 0 Å². The first kappa shape index (κ1) is 16.6. The maximum absolute atomic E-state index is 9.47. The quantitative estimate of drug-likeness (QED) is 0.191. The number of hydrogen-bond acceptors (Lipinski definition) is 4. The van der Waals surface area contributed by atoms with Crippen LogP contribution in [0.15, 0.2) is 12.7 Å². The van der Waals surface area contributed by atoms with Crippen LogP contribution in [0, 0.1) is 15.3 Å². The fourth-order valence-electron chi connectivity index (χ4n) is 0. The zero-order valence-electron chi connectivity index (χ0n) is 5.44. The van der Waals surface area contributed by atoms with Crippen LogP contribution in [0.1, 0.15) is 0 Å². The van der Waals surface area contributed by atoms with E-state index >= 15 is 0 Å². The number of carbonyl (C=O) groups excluding carboxylic acids is 1. The molecule has 0 aliphatic heterocycles. The molecule has 0 aromatic heterocycles. The maximum atomic E-state index is 9.47. The number of nitrogens with two attached hydrogens (primary N) is 1. The van der Waals surface area contributed by atoms with Crippen molar-refractivity contribution in [2.24, 2.45) is 5.73 Å². The van der Waals surface area contributed by atoms with Crippen molar-refractivity contribution in [2.75, 3.05) is 0 Å². The van der Waals surface area contributed by atoms with Crippen molar-refractivity contribution in [3.05, 3.63) is 28.0 Å². The minimum absolute atomic E-state index is 0. The molecular weight excluding hydrogens is 167 g/mol. The van der Waals surface area contributed by atoms with Crippen LogP contribution in [0.5, 0.6) is 0 Å². The van der Waals surface area contributed by atoms with Crippen molar-refractivity contribution in [3.8, 4) is 0 Å². The van der Waals surface area contributed by atoms with Gasteiger partial charge in [-0.15, -0.1) is 0 Å². The molecule has 0 atom stereocenters. The third-order valence-electron chi connectivity index (χ3n) is 0.201. The Balaban J connectivity index is -0.0000000910. The maximum Gasteiger partial charge on any atom is 1.00 e. The van der Waals surface area contributed by atoms with Crippen LogP contribution in [0.25, 0.3) is 0 Å². The van der Waals surface area contributed by atoms with Crippen LogP contribution in [-0.2, 0) is 4.79 Å². The Bertz CT molecular complexity index is 122. The Morgan fingerprint density at radius 3 is 1.70 bits per heavy atom. The summed E-state index contributed by atoms with van der Waals surface area (Å²) in [7, 11) is 0. The van der Waals surface area contributed by atoms with E-state index in [1.807, 2.05) is 0 Å². The number of carbonyl (C=O) groups is 1. The zero-order valence-corrected chi connectivity index (χ0v) is 8.57. The predicted octanol–water partition coefficient (Wildman–Crippen LogP) is -3.58. The molecule has 1 amide bonds. The van der Waals surface area contributed by atoms with E-state index in [9.17, 15) is 4.79 Å². The van der Waals surface area contributed by atoms with E-state index in [2.05, 4.69) is 12.3 Å². The third kappa shape index (κ3) is 95.4. The molecule has 0 rings (SSSR count). The van der Waals surface area contributed by atoms with Crippen LogP contribution in [-0.4, -0.2) is 11.0 Å². The molecule has 0 aromatic carbocycles. The van der Waals surface area contributed by atoms with Gasteiger partial charge < -0.3 is 21.1 Å². The number of hydrogen-bond donors (Lipinski definition) is 1. The van der Waals surface area contributed by atoms with Gasteiger partial charge in [0, 0.05) is 0 Å². The van der Waals surface area contributed by atoms with Gasteiger partial charge in [0.05, 0.1) is 5.09 Å². The number of nitrogens with zero attached hydrogens (tertiary/aromatic N) is 1. The van der Waals surface area contributed by atoms with Crippen molar-refractivity contribution in [3.63, 3.8) is 0 Å². The van der Waals surface area contributed by atoms with E-state index in [4.69, 9.17) is 15.3 Å². The second-order valence-corrected chi connectivity index (χ2v) is 0.830. The van der Waals surface area contributed by atoms with E-state index in [1.54, 1.807) is 0 Å². The Kier molecular flexibility index (Phi) is 19.5. The summed E-state index contributed by atoms with van der Waals surface area (Å²) >= 11 is 0. The fourth-order valence-corrected chi connectivity index (χ4v) is 0. The molecule has 7 heteroatoms. The first-order valence-electron chi connectivity index (χ1n) is 1.74. The molecule has 0 aliphatic rings. The van der Waals surface area contributed by atoms with E-state index in [0.717, 1.165) is 6.08 Å². The van der Waals surface area contributed by atoms with E-state index in [0.29, 0.717) is 0 Å². The molecule has 0 heterocycles. The number of primary amides is 1. The topological polar surface area (TPSA) is 109 Å². The first-order valence-corrected chi connectivity index (χ1v) is 1.74. The predicted molar refractivity (Wildman–Crippen MR) is 29.8 cm³/mol. The molecule has 6 nitrogen and oxygen atoms in total. The summed E-state index contributed by atoms with van der Waals surface area (Å²) in [6.07, 6.45) is 1.06. The average molecular weight is 172 g/mol. The second-order valence-electron chi connectivity index (χ2n) is 0.830.